The van der Waals surface area contributed by atoms with Crippen molar-refractivity contribution in [3.63, 3.8) is 0 Å². The number of nitrogens with one attached hydrogen (secondary N) is 1. The van der Waals surface area contributed by atoms with Crippen molar-refractivity contribution in [3.8, 4) is 0 Å². The Morgan fingerprint density at radius 3 is 2.65 bits per heavy atom. The largest absolute Gasteiger partial charge is 0.352 e. The van der Waals surface area contributed by atoms with Gasteiger partial charge in [-0.2, -0.15) is 0 Å². The molecule has 4 heteroatoms. The van der Waals surface area contributed by atoms with Crippen molar-refractivity contribution in [2.45, 2.75) is 45.7 Å². The van der Waals surface area contributed by atoms with Crippen LogP contribution in [0.3, 0.4) is 0 Å². The second kappa shape index (κ2) is 6.31. The van der Waals surface area contributed by atoms with Crippen LogP contribution >= 0.6 is 11.6 Å². The number of hydrogen-bond donors (Lipinski definition) is 1. The molecule has 0 radical (unpaired) electrons. The fourth-order valence-corrected chi connectivity index (χ4v) is 2.72. The van der Waals surface area contributed by atoms with Gasteiger partial charge in [0, 0.05) is 17.6 Å². The Labute approximate surface area is 124 Å². The van der Waals surface area contributed by atoms with E-state index < -0.39 is 0 Å². The molecule has 0 saturated carbocycles. The summed E-state index contributed by atoms with van der Waals surface area (Å²) in [4.78, 5) is 12.3. The standard InChI is InChI=1S/C16H21ClN2O/c1-4-13(5-2)18-16(20)11(3)19-10-9-12-7-6-8-14(17)15(12)19/h6-11,13H,4-5H2,1-3H3,(H,18,20). The van der Waals surface area contributed by atoms with E-state index in [1.165, 1.54) is 0 Å². The number of nitrogens with zero attached hydrogens (tertiary/aromatic N) is 1. The lowest BCUT2D eigenvalue weighted by Crippen LogP contribution is -2.38. The van der Waals surface area contributed by atoms with Crippen molar-refractivity contribution in [2.75, 3.05) is 0 Å². The molecule has 3 nitrogen and oxygen atoms in total. The van der Waals surface area contributed by atoms with Crippen molar-refractivity contribution in [1.82, 2.24) is 9.88 Å². The van der Waals surface area contributed by atoms with E-state index in [0.29, 0.717) is 5.02 Å². The maximum Gasteiger partial charge on any atom is 0.242 e. The Hall–Kier alpha value is -1.48. The van der Waals surface area contributed by atoms with Gasteiger partial charge in [0.1, 0.15) is 6.04 Å². The number of carbonyl (C=O) groups is 1. The molecule has 20 heavy (non-hydrogen) atoms. The predicted molar refractivity (Wildman–Crippen MR) is 84.2 cm³/mol. The molecule has 1 aromatic carbocycles. The smallest absolute Gasteiger partial charge is 0.242 e. The average Bonchev–Trinajstić information content (AvgIpc) is 2.89. The number of hydrogen-bond acceptors (Lipinski definition) is 1. The van der Waals surface area contributed by atoms with Gasteiger partial charge in [0.25, 0.3) is 0 Å². The molecule has 108 valence electrons. The van der Waals surface area contributed by atoms with E-state index >= 15 is 0 Å². The van der Waals surface area contributed by atoms with Gasteiger partial charge >= 0.3 is 0 Å². The number of para-hydroxylation sites is 1. The fourth-order valence-electron chi connectivity index (χ4n) is 2.44. The van der Waals surface area contributed by atoms with Crippen LogP contribution in [0.1, 0.15) is 39.7 Å². The minimum Gasteiger partial charge on any atom is -0.352 e. The SMILES string of the molecule is CCC(CC)NC(=O)C(C)n1ccc2cccc(Cl)c21. The Balaban J connectivity index is 2.27. The zero-order chi connectivity index (χ0) is 14.7. The highest BCUT2D eigenvalue weighted by Gasteiger charge is 2.19. The first-order chi connectivity index (χ1) is 9.58. The molecule has 0 saturated heterocycles. The van der Waals surface area contributed by atoms with Crippen LogP contribution in [0.5, 0.6) is 0 Å². The van der Waals surface area contributed by atoms with E-state index in [2.05, 4.69) is 19.2 Å². The van der Waals surface area contributed by atoms with Crippen LogP contribution in [-0.2, 0) is 4.79 Å². The summed E-state index contributed by atoms with van der Waals surface area (Å²) in [5.74, 6) is 0.0381. The molecule has 0 aliphatic heterocycles. The maximum absolute atomic E-state index is 12.3. The van der Waals surface area contributed by atoms with Gasteiger partial charge in [-0.25, -0.2) is 0 Å². The van der Waals surface area contributed by atoms with E-state index in [1.807, 2.05) is 42.0 Å². The molecule has 2 rings (SSSR count). The van der Waals surface area contributed by atoms with Crippen LogP contribution in [0.4, 0.5) is 0 Å². The fraction of sp³-hybridized carbons (Fsp3) is 0.438. The highest BCUT2D eigenvalue weighted by atomic mass is 35.5. The highest BCUT2D eigenvalue weighted by molar-refractivity contribution is 6.35. The monoisotopic (exact) mass is 292 g/mol. The molecule has 0 fully saturated rings. The summed E-state index contributed by atoms with van der Waals surface area (Å²) in [6.07, 6.45) is 3.82. The van der Waals surface area contributed by atoms with Crippen molar-refractivity contribution in [1.29, 1.82) is 0 Å². The lowest BCUT2D eigenvalue weighted by atomic mass is 10.1. The molecule has 1 aromatic heterocycles. The van der Waals surface area contributed by atoms with Crippen molar-refractivity contribution in [3.05, 3.63) is 35.5 Å². The number of benzene rings is 1. The second-order valence-electron chi connectivity index (χ2n) is 5.10. The molecule has 0 bridgehead atoms. The predicted octanol–water partition coefficient (Wildman–Crippen LogP) is 4.16. The summed E-state index contributed by atoms with van der Waals surface area (Å²) >= 11 is 6.26. The number of fused-ring (bicyclic) bond motifs is 1. The van der Waals surface area contributed by atoms with Gasteiger partial charge in [0.15, 0.2) is 0 Å². The molecular weight excluding hydrogens is 272 g/mol. The summed E-state index contributed by atoms with van der Waals surface area (Å²) < 4.78 is 1.94. The zero-order valence-corrected chi connectivity index (χ0v) is 12.9. The highest BCUT2D eigenvalue weighted by Crippen LogP contribution is 2.27. The summed E-state index contributed by atoms with van der Waals surface area (Å²) in [5, 5.41) is 4.82. The van der Waals surface area contributed by atoms with Crippen LogP contribution in [0.15, 0.2) is 30.5 Å². The van der Waals surface area contributed by atoms with Crippen LogP contribution in [0.2, 0.25) is 5.02 Å². The van der Waals surface area contributed by atoms with Crippen molar-refractivity contribution in [2.24, 2.45) is 0 Å². The number of aromatic nitrogens is 1. The molecular formula is C16H21ClN2O. The Morgan fingerprint density at radius 2 is 2.00 bits per heavy atom. The summed E-state index contributed by atoms with van der Waals surface area (Å²) in [6, 6.07) is 7.73. The normalized spacial score (nSPS) is 12.8. The molecule has 0 aliphatic rings. The molecule has 1 atom stereocenters. The van der Waals surface area contributed by atoms with Crippen LogP contribution in [0, 0.1) is 0 Å². The zero-order valence-electron chi connectivity index (χ0n) is 12.2. The van der Waals surface area contributed by atoms with E-state index in [4.69, 9.17) is 11.6 Å². The molecule has 2 aromatic rings. The number of carbonyl (C=O) groups excluding carboxylic acids is 1. The molecule has 1 heterocycles. The van der Waals surface area contributed by atoms with Crippen LogP contribution in [-0.4, -0.2) is 16.5 Å². The maximum atomic E-state index is 12.3. The van der Waals surface area contributed by atoms with Gasteiger partial charge in [-0.1, -0.05) is 37.6 Å². The van der Waals surface area contributed by atoms with Gasteiger partial charge < -0.3 is 9.88 Å². The van der Waals surface area contributed by atoms with E-state index in [-0.39, 0.29) is 18.0 Å². The summed E-state index contributed by atoms with van der Waals surface area (Å²) in [5.41, 5.74) is 0.918. The topological polar surface area (TPSA) is 34.0 Å². The van der Waals surface area contributed by atoms with Gasteiger partial charge in [0.05, 0.1) is 10.5 Å². The average molecular weight is 293 g/mol. The first-order valence-corrected chi connectivity index (χ1v) is 7.51. The first kappa shape index (κ1) is 14.9. The van der Waals surface area contributed by atoms with Gasteiger partial charge in [-0.15, -0.1) is 0 Å². The Morgan fingerprint density at radius 1 is 1.30 bits per heavy atom. The first-order valence-electron chi connectivity index (χ1n) is 7.13. The second-order valence-corrected chi connectivity index (χ2v) is 5.51. The van der Waals surface area contributed by atoms with Gasteiger partial charge in [-0.3, -0.25) is 4.79 Å². The Kier molecular flexibility index (Phi) is 4.71. The molecule has 1 amide bonds. The number of amides is 1. The quantitative estimate of drug-likeness (QED) is 0.882. The molecule has 1 N–H and O–H groups in total. The molecule has 0 spiro atoms. The minimum atomic E-state index is -0.270. The lowest BCUT2D eigenvalue weighted by molar-refractivity contribution is -0.124. The lowest BCUT2D eigenvalue weighted by Gasteiger charge is -2.20. The molecule has 0 aliphatic carbocycles. The number of rotatable bonds is 5. The minimum absolute atomic E-state index is 0.0381. The van der Waals surface area contributed by atoms with Crippen LogP contribution < -0.4 is 5.32 Å². The van der Waals surface area contributed by atoms with E-state index in [0.717, 1.165) is 23.7 Å². The Bertz CT molecular complexity index is 602. The third-order valence-corrected chi connectivity index (χ3v) is 4.12. The van der Waals surface area contributed by atoms with E-state index in [9.17, 15) is 4.79 Å². The molecule has 1 unspecified atom stereocenters. The van der Waals surface area contributed by atoms with E-state index in [1.54, 1.807) is 0 Å². The number of halogens is 1. The summed E-state index contributed by atoms with van der Waals surface area (Å²) in [7, 11) is 0. The third-order valence-electron chi connectivity index (χ3n) is 3.82. The third kappa shape index (κ3) is 2.83. The van der Waals surface area contributed by atoms with Crippen LogP contribution in [0.25, 0.3) is 10.9 Å². The van der Waals surface area contributed by atoms with Crippen molar-refractivity contribution >= 4 is 28.4 Å². The van der Waals surface area contributed by atoms with Gasteiger partial charge in [0.2, 0.25) is 5.91 Å². The van der Waals surface area contributed by atoms with Gasteiger partial charge in [-0.05, 0) is 31.9 Å². The summed E-state index contributed by atoms with van der Waals surface area (Å²) in [6.45, 7) is 6.07. The van der Waals surface area contributed by atoms with Crippen molar-refractivity contribution < 1.29 is 4.79 Å².